The Kier molecular flexibility index (Phi) is 5.98. The summed E-state index contributed by atoms with van der Waals surface area (Å²) in [6.07, 6.45) is 4.30. The van der Waals surface area contributed by atoms with Crippen LogP contribution >= 0.6 is 0 Å². The number of aromatic nitrogens is 1. The maximum Gasteiger partial charge on any atom is 0.133 e. The average molecular weight is 235 g/mol. The molecule has 1 rings (SSSR count). The van der Waals surface area contributed by atoms with Crippen LogP contribution in [0.1, 0.15) is 45.2 Å². The molecule has 17 heavy (non-hydrogen) atoms. The summed E-state index contributed by atoms with van der Waals surface area (Å²) in [5.41, 5.74) is 1.29. The Morgan fingerprint density at radius 1 is 1.41 bits per heavy atom. The number of pyridine rings is 1. The van der Waals surface area contributed by atoms with Crippen molar-refractivity contribution < 1.29 is 0 Å². The van der Waals surface area contributed by atoms with Crippen LogP contribution in [0.3, 0.4) is 0 Å². The van der Waals surface area contributed by atoms with E-state index in [1.54, 1.807) is 0 Å². The zero-order chi connectivity index (χ0) is 12.7. The van der Waals surface area contributed by atoms with Gasteiger partial charge in [-0.05, 0) is 26.0 Å². The molecule has 1 unspecified atom stereocenters. The molecular formula is C14H25N3. The fourth-order valence-electron chi connectivity index (χ4n) is 1.98. The van der Waals surface area contributed by atoms with E-state index in [-0.39, 0.29) is 0 Å². The van der Waals surface area contributed by atoms with Gasteiger partial charge in [-0.25, -0.2) is 4.98 Å². The van der Waals surface area contributed by atoms with Gasteiger partial charge in [0.15, 0.2) is 0 Å². The summed E-state index contributed by atoms with van der Waals surface area (Å²) in [4.78, 5) is 6.78. The fourth-order valence-corrected chi connectivity index (χ4v) is 1.98. The fraction of sp³-hybridized carbons (Fsp3) is 0.643. The second-order valence-electron chi connectivity index (χ2n) is 4.47. The predicted molar refractivity (Wildman–Crippen MR) is 74.5 cm³/mol. The summed E-state index contributed by atoms with van der Waals surface area (Å²) in [5, 5.41) is 3.45. The lowest BCUT2D eigenvalue weighted by molar-refractivity contribution is 0.594. The van der Waals surface area contributed by atoms with Crippen LogP contribution in [0, 0.1) is 0 Å². The molecule has 0 aliphatic rings. The van der Waals surface area contributed by atoms with E-state index >= 15 is 0 Å². The van der Waals surface area contributed by atoms with Crippen LogP contribution in [-0.4, -0.2) is 25.1 Å². The molecule has 0 saturated carbocycles. The number of rotatable bonds is 7. The van der Waals surface area contributed by atoms with Crippen molar-refractivity contribution in [2.24, 2.45) is 0 Å². The number of unbranched alkanes of at least 4 members (excludes halogenated alkanes) is 1. The highest BCUT2D eigenvalue weighted by molar-refractivity contribution is 5.47. The molecule has 96 valence electrons. The molecule has 1 aromatic heterocycles. The lowest BCUT2D eigenvalue weighted by atomic mass is 10.1. The second-order valence-corrected chi connectivity index (χ2v) is 4.47. The first-order valence-corrected chi connectivity index (χ1v) is 6.60. The van der Waals surface area contributed by atoms with Gasteiger partial charge in [0.1, 0.15) is 5.82 Å². The van der Waals surface area contributed by atoms with Gasteiger partial charge in [-0.3, -0.25) is 0 Å². The first kappa shape index (κ1) is 14.0. The van der Waals surface area contributed by atoms with E-state index in [0.29, 0.717) is 6.04 Å². The molecular weight excluding hydrogens is 210 g/mol. The molecule has 0 aliphatic heterocycles. The van der Waals surface area contributed by atoms with E-state index in [4.69, 9.17) is 0 Å². The molecule has 0 amide bonds. The van der Waals surface area contributed by atoms with Gasteiger partial charge < -0.3 is 10.2 Å². The topological polar surface area (TPSA) is 28.2 Å². The molecule has 1 N–H and O–H groups in total. The highest BCUT2D eigenvalue weighted by atomic mass is 15.2. The van der Waals surface area contributed by atoms with Crippen molar-refractivity contribution in [3.63, 3.8) is 0 Å². The zero-order valence-electron chi connectivity index (χ0n) is 11.5. The normalized spacial score (nSPS) is 12.5. The maximum absolute atomic E-state index is 4.52. The monoisotopic (exact) mass is 235 g/mol. The van der Waals surface area contributed by atoms with E-state index in [0.717, 1.165) is 18.9 Å². The summed E-state index contributed by atoms with van der Waals surface area (Å²) < 4.78 is 0. The first-order valence-electron chi connectivity index (χ1n) is 6.60. The van der Waals surface area contributed by atoms with Gasteiger partial charge >= 0.3 is 0 Å². The third-order valence-corrected chi connectivity index (χ3v) is 3.00. The SMILES string of the molecule is CCCCN(C)c1ncccc1C(C)NCC. The number of hydrogen-bond acceptors (Lipinski definition) is 3. The molecule has 3 heteroatoms. The third kappa shape index (κ3) is 4.00. The Labute approximate surface area is 105 Å². The molecule has 0 bridgehead atoms. The molecule has 1 heterocycles. The Hall–Kier alpha value is -1.09. The van der Waals surface area contributed by atoms with E-state index in [1.165, 1.54) is 18.4 Å². The standard InChI is InChI=1S/C14H25N3/c1-5-7-11-17(4)14-13(9-8-10-16-14)12(3)15-6-2/h8-10,12,15H,5-7,11H2,1-4H3. The summed E-state index contributed by atoms with van der Waals surface area (Å²) in [7, 11) is 2.13. The van der Waals surface area contributed by atoms with Gasteiger partial charge in [0.2, 0.25) is 0 Å². The minimum absolute atomic E-state index is 0.354. The zero-order valence-corrected chi connectivity index (χ0v) is 11.5. The maximum atomic E-state index is 4.52. The Balaban J connectivity index is 2.83. The van der Waals surface area contributed by atoms with E-state index < -0.39 is 0 Å². The molecule has 1 atom stereocenters. The number of nitrogens with zero attached hydrogens (tertiary/aromatic N) is 2. The van der Waals surface area contributed by atoms with Crippen molar-refractivity contribution in [1.82, 2.24) is 10.3 Å². The summed E-state index contributed by atoms with van der Waals surface area (Å²) in [5.74, 6) is 1.11. The lowest BCUT2D eigenvalue weighted by Crippen LogP contribution is -2.25. The van der Waals surface area contributed by atoms with Crippen molar-refractivity contribution in [2.75, 3.05) is 25.0 Å². The molecule has 0 spiro atoms. The van der Waals surface area contributed by atoms with Gasteiger partial charge in [0.25, 0.3) is 0 Å². The lowest BCUT2D eigenvalue weighted by Gasteiger charge is -2.24. The molecule has 3 nitrogen and oxygen atoms in total. The highest BCUT2D eigenvalue weighted by Crippen LogP contribution is 2.22. The predicted octanol–water partition coefficient (Wildman–Crippen LogP) is 2.99. The minimum atomic E-state index is 0.354. The van der Waals surface area contributed by atoms with Crippen molar-refractivity contribution in [3.05, 3.63) is 23.9 Å². The van der Waals surface area contributed by atoms with Gasteiger partial charge in [0.05, 0.1) is 0 Å². The summed E-state index contributed by atoms with van der Waals surface area (Å²) in [6, 6.07) is 4.53. The van der Waals surface area contributed by atoms with Crippen LogP contribution in [0.2, 0.25) is 0 Å². The van der Waals surface area contributed by atoms with Gasteiger partial charge in [-0.2, -0.15) is 0 Å². The third-order valence-electron chi connectivity index (χ3n) is 3.00. The molecule has 0 aromatic carbocycles. The average Bonchev–Trinajstić information content (AvgIpc) is 2.36. The van der Waals surface area contributed by atoms with Gasteiger partial charge in [-0.15, -0.1) is 0 Å². The largest absolute Gasteiger partial charge is 0.359 e. The second kappa shape index (κ2) is 7.28. The van der Waals surface area contributed by atoms with Crippen LogP contribution < -0.4 is 10.2 Å². The smallest absolute Gasteiger partial charge is 0.133 e. The molecule has 0 aliphatic carbocycles. The Morgan fingerprint density at radius 2 is 2.18 bits per heavy atom. The molecule has 1 aromatic rings. The molecule has 0 radical (unpaired) electrons. The van der Waals surface area contributed by atoms with Crippen LogP contribution in [0.25, 0.3) is 0 Å². The Bertz CT molecular complexity index is 325. The van der Waals surface area contributed by atoms with Crippen LogP contribution in [0.15, 0.2) is 18.3 Å². The molecule has 0 saturated heterocycles. The van der Waals surface area contributed by atoms with Crippen molar-refractivity contribution in [3.8, 4) is 0 Å². The van der Waals surface area contributed by atoms with Crippen molar-refractivity contribution >= 4 is 5.82 Å². The minimum Gasteiger partial charge on any atom is -0.359 e. The van der Waals surface area contributed by atoms with Crippen LogP contribution in [0.5, 0.6) is 0 Å². The van der Waals surface area contributed by atoms with E-state index in [9.17, 15) is 0 Å². The highest BCUT2D eigenvalue weighted by Gasteiger charge is 2.13. The molecule has 0 fully saturated rings. The van der Waals surface area contributed by atoms with Crippen LogP contribution in [-0.2, 0) is 0 Å². The van der Waals surface area contributed by atoms with Crippen LogP contribution in [0.4, 0.5) is 5.82 Å². The quantitative estimate of drug-likeness (QED) is 0.787. The van der Waals surface area contributed by atoms with E-state index in [1.807, 2.05) is 12.3 Å². The number of hydrogen-bond donors (Lipinski definition) is 1. The summed E-state index contributed by atoms with van der Waals surface area (Å²) >= 11 is 0. The Morgan fingerprint density at radius 3 is 2.82 bits per heavy atom. The number of anilines is 1. The van der Waals surface area contributed by atoms with Crippen molar-refractivity contribution in [1.29, 1.82) is 0 Å². The summed E-state index contributed by atoms with van der Waals surface area (Å²) in [6.45, 7) is 8.59. The number of nitrogens with one attached hydrogen (secondary N) is 1. The van der Waals surface area contributed by atoms with Gasteiger partial charge in [0, 0.05) is 31.4 Å². The van der Waals surface area contributed by atoms with E-state index in [2.05, 4.69) is 49.1 Å². The van der Waals surface area contributed by atoms with Crippen molar-refractivity contribution in [2.45, 2.75) is 39.7 Å². The first-order chi connectivity index (χ1) is 8.20. The van der Waals surface area contributed by atoms with Gasteiger partial charge in [-0.1, -0.05) is 26.3 Å².